The van der Waals surface area contributed by atoms with E-state index in [0.717, 1.165) is 35.9 Å². The number of rotatable bonds is 4. The van der Waals surface area contributed by atoms with Crippen LogP contribution in [0.3, 0.4) is 0 Å². The largest absolute Gasteiger partial charge is 0.348 e. The minimum atomic E-state index is -0.257. The van der Waals surface area contributed by atoms with Gasteiger partial charge in [0.2, 0.25) is 5.91 Å². The van der Waals surface area contributed by atoms with E-state index in [2.05, 4.69) is 27.1 Å². The molecule has 1 fully saturated rings. The Morgan fingerprint density at radius 3 is 2.96 bits per heavy atom. The van der Waals surface area contributed by atoms with Crippen LogP contribution in [0.1, 0.15) is 25.3 Å². The third kappa shape index (κ3) is 3.77. The Hall–Kier alpha value is -2.74. The van der Waals surface area contributed by atoms with Crippen LogP contribution < -0.4 is 15.8 Å². The molecule has 8 heteroatoms. The zero-order chi connectivity index (χ0) is 19.7. The SMILES string of the molecule is Cc1ccccc1NC(=O)Cn1cnc2nc(N3CCC[C@H](C)C3)sc2c1=O. The van der Waals surface area contributed by atoms with Crippen molar-refractivity contribution in [3.8, 4) is 0 Å². The number of fused-ring (bicyclic) bond motifs is 1. The van der Waals surface area contributed by atoms with E-state index in [1.807, 2.05) is 31.2 Å². The molecule has 28 heavy (non-hydrogen) atoms. The maximum Gasteiger partial charge on any atom is 0.273 e. The van der Waals surface area contributed by atoms with Crippen LogP contribution in [0.2, 0.25) is 0 Å². The van der Waals surface area contributed by atoms with Gasteiger partial charge < -0.3 is 10.2 Å². The number of benzene rings is 1. The average molecular weight is 398 g/mol. The molecule has 3 heterocycles. The van der Waals surface area contributed by atoms with Crippen LogP contribution in [-0.4, -0.2) is 33.5 Å². The van der Waals surface area contributed by atoms with E-state index in [-0.39, 0.29) is 18.0 Å². The van der Waals surface area contributed by atoms with Gasteiger partial charge in [-0.05, 0) is 37.3 Å². The Morgan fingerprint density at radius 1 is 1.36 bits per heavy atom. The monoisotopic (exact) mass is 397 g/mol. The second kappa shape index (κ2) is 7.71. The molecule has 0 saturated carbocycles. The van der Waals surface area contributed by atoms with Crippen LogP contribution in [-0.2, 0) is 11.3 Å². The van der Waals surface area contributed by atoms with Gasteiger partial charge in [0, 0.05) is 18.8 Å². The summed E-state index contributed by atoms with van der Waals surface area (Å²) in [6.45, 7) is 5.99. The first-order valence-electron chi connectivity index (χ1n) is 9.47. The molecule has 0 unspecified atom stereocenters. The summed E-state index contributed by atoms with van der Waals surface area (Å²) in [4.78, 5) is 36.3. The summed E-state index contributed by atoms with van der Waals surface area (Å²) in [6, 6.07) is 7.54. The lowest BCUT2D eigenvalue weighted by atomic mass is 10.0. The van der Waals surface area contributed by atoms with Gasteiger partial charge in [-0.2, -0.15) is 4.98 Å². The quantitative estimate of drug-likeness (QED) is 0.732. The molecular formula is C20H23N5O2S. The first kappa shape index (κ1) is 18.6. The molecule has 1 amide bonds. The summed E-state index contributed by atoms with van der Waals surface area (Å²) in [5.74, 6) is 0.364. The van der Waals surface area contributed by atoms with E-state index >= 15 is 0 Å². The molecule has 0 aliphatic carbocycles. The highest BCUT2D eigenvalue weighted by Crippen LogP contribution is 2.29. The van der Waals surface area contributed by atoms with Gasteiger partial charge in [0.25, 0.3) is 5.56 Å². The fraction of sp³-hybridized carbons (Fsp3) is 0.400. The van der Waals surface area contributed by atoms with Crippen molar-refractivity contribution in [2.75, 3.05) is 23.3 Å². The molecule has 1 atom stereocenters. The maximum atomic E-state index is 12.8. The summed E-state index contributed by atoms with van der Waals surface area (Å²) in [7, 11) is 0. The fourth-order valence-corrected chi connectivity index (χ4v) is 4.51. The number of hydrogen-bond donors (Lipinski definition) is 1. The van der Waals surface area contributed by atoms with Gasteiger partial charge >= 0.3 is 0 Å². The second-order valence-electron chi connectivity index (χ2n) is 7.38. The predicted molar refractivity (Wildman–Crippen MR) is 112 cm³/mol. The standard InChI is InChI=1S/C20H23N5O2S/c1-13-6-5-9-24(10-13)20-23-18-17(28-20)19(27)25(12-21-18)11-16(26)22-15-8-4-3-7-14(15)2/h3-4,7-8,12-13H,5-6,9-11H2,1-2H3,(H,22,26)/t13-/m0/s1. The smallest absolute Gasteiger partial charge is 0.273 e. The minimum absolute atomic E-state index is 0.0793. The highest BCUT2D eigenvalue weighted by Gasteiger charge is 2.21. The lowest BCUT2D eigenvalue weighted by molar-refractivity contribution is -0.116. The minimum Gasteiger partial charge on any atom is -0.348 e. The lowest BCUT2D eigenvalue weighted by Gasteiger charge is -2.30. The predicted octanol–water partition coefficient (Wildman–Crippen LogP) is 3.04. The number of para-hydroxylation sites is 1. The van der Waals surface area contributed by atoms with Gasteiger partial charge in [-0.15, -0.1) is 0 Å². The number of carbonyl (C=O) groups excluding carboxylic acids is 1. The van der Waals surface area contributed by atoms with E-state index in [1.165, 1.54) is 28.7 Å². The number of thiazole rings is 1. The van der Waals surface area contributed by atoms with Crippen LogP contribution in [0.4, 0.5) is 10.8 Å². The Labute approximate surface area is 167 Å². The highest BCUT2D eigenvalue weighted by atomic mass is 32.1. The Morgan fingerprint density at radius 2 is 2.18 bits per heavy atom. The number of nitrogens with one attached hydrogen (secondary N) is 1. The molecule has 1 N–H and O–H groups in total. The van der Waals surface area contributed by atoms with Gasteiger partial charge in [-0.25, -0.2) is 4.98 Å². The summed E-state index contributed by atoms with van der Waals surface area (Å²) < 4.78 is 1.84. The third-order valence-electron chi connectivity index (χ3n) is 5.03. The van der Waals surface area contributed by atoms with Crippen molar-refractivity contribution < 1.29 is 4.79 Å². The molecule has 0 radical (unpaired) electrons. The average Bonchev–Trinajstić information content (AvgIpc) is 3.11. The van der Waals surface area contributed by atoms with Crippen molar-refractivity contribution in [2.45, 2.75) is 33.2 Å². The van der Waals surface area contributed by atoms with Crippen LogP contribution in [0, 0.1) is 12.8 Å². The van der Waals surface area contributed by atoms with Gasteiger partial charge in [-0.1, -0.05) is 36.5 Å². The van der Waals surface area contributed by atoms with E-state index in [4.69, 9.17) is 0 Å². The summed E-state index contributed by atoms with van der Waals surface area (Å²) in [6.07, 6.45) is 3.76. The zero-order valence-electron chi connectivity index (χ0n) is 16.0. The third-order valence-corrected chi connectivity index (χ3v) is 6.13. The number of aryl methyl sites for hydroxylation is 1. The number of anilines is 2. The van der Waals surface area contributed by atoms with Crippen molar-refractivity contribution in [3.63, 3.8) is 0 Å². The normalized spacial score (nSPS) is 17.1. The Bertz CT molecular complexity index is 1070. The van der Waals surface area contributed by atoms with Crippen LogP contribution in [0.5, 0.6) is 0 Å². The van der Waals surface area contributed by atoms with E-state index in [1.54, 1.807) is 0 Å². The molecule has 2 aromatic heterocycles. The Balaban J connectivity index is 1.55. The number of hydrogen-bond acceptors (Lipinski definition) is 6. The summed E-state index contributed by atoms with van der Waals surface area (Å²) >= 11 is 1.37. The van der Waals surface area contributed by atoms with Crippen molar-refractivity contribution in [2.24, 2.45) is 5.92 Å². The van der Waals surface area contributed by atoms with E-state index in [9.17, 15) is 9.59 Å². The van der Waals surface area contributed by atoms with Crippen molar-refractivity contribution in [3.05, 3.63) is 46.5 Å². The van der Waals surface area contributed by atoms with Crippen molar-refractivity contribution in [1.29, 1.82) is 0 Å². The fourth-order valence-electron chi connectivity index (χ4n) is 3.50. The van der Waals surface area contributed by atoms with Crippen LogP contribution in [0.15, 0.2) is 35.4 Å². The summed E-state index contributed by atoms with van der Waals surface area (Å²) in [5, 5.41) is 3.69. The highest BCUT2D eigenvalue weighted by molar-refractivity contribution is 7.22. The van der Waals surface area contributed by atoms with Gasteiger partial charge in [0.05, 0.1) is 0 Å². The molecule has 1 saturated heterocycles. The number of carbonyl (C=O) groups is 1. The molecule has 7 nitrogen and oxygen atoms in total. The van der Waals surface area contributed by atoms with Gasteiger partial charge in [-0.3, -0.25) is 14.2 Å². The zero-order valence-corrected chi connectivity index (χ0v) is 16.8. The molecule has 1 aliphatic rings. The van der Waals surface area contributed by atoms with Gasteiger partial charge in [0.1, 0.15) is 17.6 Å². The van der Waals surface area contributed by atoms with Gasteiger partial charge in [0.15, 0.2) is 10.8 Å². The van der Waals surface area contributed by atoms with Crippen LogP contribution >= 0.6 is 11.3 Å². The lowest BCUT2D eigenvalue weighted by Crippen LogP contribution is -2.34. The number of piperidine rings is 1. The van der Waals surface area contributed by atoms with E-state index in [0.29, 0.717) is 16.3 Å². The molecule has 0 spiro atoms. The molecule has 146 valence electrons. The number of nitrogens with zero attached hydrogens (tertiary/aromatic N) is 4. The first-order chi connectivity index (χ1) is 13.5. The molecule has 0 bridgehead atoms. The maximum absolute atomic E-state index is 12.8. The van der Waals surface area contributed by atoms with Crippen molar-refractivity contribution >= 4 is 38.4 Å². The van der Waals surface area contributed by atoms with E-state index < -0.39 is 0 Å². The molecule has 1 aliphatic heterocycles. The molecule has 1 aromatic carbocycles. The van der Waals surface area contributed by atoms with Crippen LogP contribution in [0.25, 0.3) is 10.3 Å². The molecular weight excluding hydrogens is 374 g/mol. The van der Waals surface area contributed by atoms with Crippen molar-refractivity contribution in [1.82, 2.24) is 14.5 Å². The Kier molecular flexibility index (Phi) is 5.13. The number of amides is 1. The molecule has 3 aromatic rings. The first-order valence-corrected chi connectivity index (χ1v) is 10.3. The second-order valence-corrected chi connectivity index (χ2v) is 8.36. The summed E-state index contributed by atoms with van der Waals surface area (Å²) in [5.41, 5.74) is 1.95. The topological polar surface area (TPSA) is 80.1 Å². The molecule has 4 rings (SSSR count). The number of aromatic nitrogens is 3.